The van der Waals surface area contributed by atoms with Crippen molar-refractivity contribution in [3.8, 4) is 0 Å². The molecule has 3 N–H and O–H groups in total. The molecule has 5 nitrogen and oxygen atoms in total. The Hall–Kier alpha value is -1.63. The van der Waals surface area contributed by atoms with Crippen LogP contribution in [0.15, 0.2) is 47.2 Å². The maximum absolute atomic E-state index is 12.6. The van der Waals surface area contributed by atoms with E-state index in [9.17, 15) is 9.90 Å². The fraction of sp³-hybridized carbons (Fsp3) is 0.267. The molecule has 1 unspecified atom stereocenters. The van der Waals surface area contributed by atoms with E-state index in [1.165, 1.54) is 12.4 Å². The Bertz CT molecular complexity index is 604. The highest BCUT2D eigenvalue weighted by Crippen LogP contribution is 2.19. The van der Waals surface area contributed by atoms with E-state index < -0.39 is 5.54 Å². The van der Waals surface area contributed by atoms with Gasteiger partial charge >= 0.3 is 0 Å². The van der Waals surface area contributed by atoms with Gasteiger partial charge in [-0.25, -0.2) is 9.97 Å². The van der Waals surface area contributed by atoms with Crippen LogP contribution in [0.1, 0.15) is 22.6 Å². The Morgan fingerprint density at radius 2 is 1.86 bits per heavy atom. The maximum Gasteiger partial charge on any atom is 0.220 e. The summed E-state index contributed by atoms with van der Waals surface area (Å²) >= 11 is 3.22. The van der Waals surface area contributed by atoms with Crippen LogP contribution < -0.4 is 5.73 Å². The van der Waals surface area contributed by atoms with Gasteiger partial charge in [0, 0.05) is 19.0 Å². The summed E-state index contributed by atoms with van der Waals surface area (Å²) in [5, 5.41) is 9.24. The van der Waals surface area contributed by atoms with Crippen LogP contribution in [-0.4, -0.2) is 33.0 Å². The van der Waals surface area contributed by atoms with Gasteiger partial charge in [-0.05, 0) is 34.3 Å². The molecule has 1 atom stereocenters. The number of Topliss-reactive ketones (excluding diaryl/α,β-unsaturated/α-hetero) is 1. The minimum atomic E-state index is -1.22. The van der Waals surface area contributed by atoms with Crippen LogP contribution in [0.4, 0.5) is 0 Å². The maximum atomic E-state index is 12.6. The molecule has 0 spiro atoms. The van der Waals surface area contributed by atoms with E-state index in [1.54, 1.807) is 0 Å². The predicted octanol–water partition coefficient (Wildman–Crippen LogP) is 1.74. The Morgan fingerprint density at radius 1 is 1.24 bits per heavy atom. The van der Waals surface area contributed by atoms with Crippen LogP contribution in [-0.2, 0) is 6.42 Å². The third-order valence-corrected chi connectivity index (χ3v) is 3.61. The Morgan fingerprint density at radius 3 is 2.43 bits per heavy atom. The molecule has 1 aromatic heterocycles. The summed E-state index contributed by atoms with van der Waals surface area (Å²) in [5.41, 5.74) is 5.96. The molecule has 21 heavy (non-hydrogen) atoms. The van der Waals surface area contributed by atoms with Crippen LogP contribution >= 0.6 is 15.9 Å². The number of hydrogen-bond donors (Lipinski definition) is 2. The van der Waals surface area contributed by atoms with Crippen molar-refractivity contribution in [1.82, 2.24) is 9.97 Å². The SMILES string of the molecule is NC(CCO)(Cc1ccccc1)C(=O)c1ncc(Br)cn1. The fourth-order valence-corrected chi connectivity index (χ4v) is 2.30. The highest BCUT2D eigenvalue weighted by atomic mass is 79.9. The molecule has 0 saturated heterocycles. The molecule has 0 aliphatic rings. The van der Waals surface area contributed by atoms with Crippen molar-refractivity contribution in [2.75, 3.05) is 6.61 Å². The van der Waals surface area contributed by atoms with Crippen molar-refractivity contribution < 1.29 is 9.90 Å². The first kappa shape index (κ1) is 15.8. The lowest BCUT2D eigenvalue weighted by atomic mass is 9.84. The lowest BCUT2D eigenvalue weighted by Gasteiger charge is -2.26. The summed E-state index contributed by atoms with van der Waals surface area (Å²) in [6.45, 7) is -0.175. The number of ketones is 1. The molecule has 110 valence electrons. The molecule has 0 aliphatic carbocycles. The lowest BCUT2D eigenvalue weighted by molar-refractivity contribution is 0.0844. The fourth-order valence-electron chi connectivity index (χ4n) is 2.09. The van der Waals surface area contributed by atoms with Crippen LogP contribution in [0.25, 0.3) is 0 Å². The normalized spacial score (nSPS) is 13.7. The average molecular weight is 350 g/mol. The molecule has 0 radical (unpaired) electrons. The Labute approximate surface area is 131 Å². The molecule has 2 rings (SSSR count). The highest BCUT2D eigenvalue weighted by molar-refractivity contribution is 9.10. The summed E-state index contributed by atoms with van der Waals surface area (Å²) in [7, 11) is 0. The average Bonchev–Trinajstić information content (AvgIpc) is 2.48. The van der Waals surface area contributed by atoms with Gasteiger partial charge in [-0.1, -0.05) is 30.3 Å². The molecular weight excluding hydrogens is 334 g/mol. The molecule has 6 heteroatoms. The number of carbonyl (C=O) groups is 1. The second-order valence-corrected chi connectivity index (χ2v) is 5.76. The van der Waals surface area contributed by atoms with Gasteiger partial charge in [0.15, 0.2) is 5.82 Å². The zero-order valence-electron chi connectivity index (χ0n) is 11.4. The largest absolute Gasteiger partial charge is 0.396 e. The molecule has 1 heterocycles. The first-order chi connectivity index (χ1) is 10.0. The second-order valence-electron chi connectivity index (χ2n) is 4.85. The lowest BCUT2D eigenvalue weighted by Crippen LogP contribution is -2.51. The van der Waals surface area contributed by atoms with Crippen molar-refractivity contribution >= 4 is 21.7 Å². The van der Waals surface area contributed by atoms with Gasteiger partial charge in [-0.3, -0.25) is 4.79 Å². The number of aliphatic hydroxyl groups excluding tert-OH is 1. The van der Waals surface area contributed by atoms with Gasteiger partial charge in [-0.15, -0.1) is 0 Å². The number of aliphatic hydroxyl groups is 1. The number of halogens is 1. The van der Waals surface area contributed by atoms with E-state index in [-0.39, 0.29) is 24.6 Å². The molecule has 0 fully saturated rings. The first-order valence-electron chi connectivity index (χ1n) is 6.51. The smallest absolute Gasteiger partial charge is 0.220 e. The van der Waals surface area contributed by atoms with E-state index in [2.05, 4.69) is 25.9 Å². The minimum absolute atomic E-state index is 0.0603. The monoisotopic (exact) mass is 349 g/mol. The van der Waals surface area contributed by atoms with E-state index in [1.807, 2.05) is 30.3 Å². The molecule has 0 amide bonds. The molecule has 1 aromatic carbocycles. The Balaban J connectivity index is 2.28. The zero-order valence-corrected chi connectivity index (χ0v) is 13.0. The first-order valence-corrected chi connectivity index (χ1v) is 7.30. The second kappa shape index (κ2) is 6.89. The molecule has 2 aromatic rings. The summed E-state index contributed by atoms with van der Waals surface area (Å²) in [4.78, 5) is 20.6. The Kier molecular flexibility index (Phi) is 5.17. The van der Waals surface area contributed by atoms with Crippen molar-refractivity contribution in [3.63, 3.8) is 0 Å². The van der Waals surface area contributed by atoms with Crippen LogP contribution in [0.3, 0.4) is 0 Å². The number of rotatable bonds is 6. The van der Waals surface area contributed by atoms with E-state index in [0.29, 0.717) is 10.9 Å². The summed E-state index contributed by atoms with van der Waals surface area (Å²) in [5.74, 6) is -0.307. The number of nitrogens with zero attached hydrogens (tertiary/aromatic N) is 2. The van der Waals surface area contributed by atoms with Crippen molar-refractivity contribution in [3.05, 3.63) is 58.6 Å². The van der Waals surface area contributed by atoms with Crippen LogP contribution in [0.2, 0.25) is 0 Å². The van der Waals surface area contributed by atoms with E-state index >= 15 is 0 Å². The van der Waals surface area contributed by atoms with Crippen LogP contribution in [0.5, 0.6) is 0 Å². The van der Waals surface area contributed by atoms with Gasteiger partial charge in [0.05, 0.1) is 10.0 Å². The minimum Gasteiger partial charge on any atom is -0.396 e. The number of carbonyl (C=O) groups excluding carboxylic acids is 1. The number of nitrogens with two attached hydrogens (primary N) is 1. The van der Waals surface area contributed by atoms with E-state index in [0.717, 1.165) is 5.56 Å². The quantitative estimate of drug-likeness (QED) is 0.775. The van der Waals surface area contributed by atoms with Gasteiger partial charge in [-0.2, -0.15) is 0 Å². The van der Waals surface area contributed by atoms with Crippen molar-refractivity contribution in [2.45, 2.75) is 18.4 Å². The van der Waals surface area contributed by atoms with E-state index in [4.69, 9.17) is 5.73 Å². The van der Waals surface area contributed by atoms with Crippen LogP contribution in [0, 0.1) is 0 Å². The van der Waals surface area contributed by atoms with Crippen molar-refractivity contribution in [1.29, 1.82) is 0 Å². The summed E-state index contributed by atoms with van der Waals surface area (Å²) in [6, 6.07) is 9.46. The number of benzene rings is 1. The molecule has 0 saturated carbocycles. The molecule has 0 bridgehead atoms. The summed E-state index contributed by atoms with van der Waals surface area (Å²) in [6.07, 6.45) is 3.48. The topological polar surface area (TPSA) is 89.1 Å². The zero-order chi connectivity index (χ0) is 15.3. The van der Waals surface area contributed by atoms with Gasteiger partial charge in [0.25, 0.3) is 0 Å². The third kappa shape index (κ3) is 3.93. The standard InChI is InChI=1S/C15H16BrN3O2/c16-12-9-18-14(19-10-12)13(21)15(17,6-7-20)8-11-4-2-1-3-5-11/h1-5,9-10,20H,6-8,17H2. The van der Waals surface area contributed by atoms with Gasteiger partial charge < -0.3 is 10.8 Å². The predicted molar refractivity (Wildman–Crippen MR) is 82.8 cm³/mol. The summed E-state index contributed by atoms with van der Waals surface area (Å²) < 4.78 is 0.687. The number of aromatic nitrogens is 2. The number of hydrogen-bond acceptors (Lipinski definition) is 5. The molecular formula is C15H16BrN3O2. The highest BCUT2D eigenvalue weighted by Gasteiger charge is 2.36. The molecule has 0 aliphatic heterocycles. The van der Waals surface area contributed by atoms with Gasteiger partial charge in [0.1, 0.15) is 0 Å². The van der Waals surface area contributed by atoms with Gasteiger partial charge in [0.2, 0.25) is 5.78 Å². The third-order valence-electron chi connectivity index (χ3n) is 3.20. The van der Waals surface area contributed by atoms with Crippen molar-refractivity contribution in [2.24, 2.45) is 5.73 Å².